The highest BCUT2D eigenvalue weighted by Gasteiger charge is 2.28. The topological polar surface area (TPSA) is 75.6 Å². The van der Waals surface area contributed by atoms with Crippen molar-refractivity contribution < 1.29 is 13.2 Å². The van der Waals surface area contributed by atoms with Gasteiger partial charge >= 0.3 is 0 Å². The summed E-state index contributed by atoms with van der Waals surface area (Å²) >= 11 is 2.53. The zero-order valence-electron chi connectivity index (χ0n) is 18.9. The lowest BCUT2D eigenvalue weighted by Crippen LogP contribution is -2.40. The molecule has 3 heterocycles. The zero-order chi connectivity index (χ0) is 22.3. The number of rotatable bonds is 10. The van der Waals surface area contributed by atoms with E-state index in [1.165, 1.54) is 19.3 Å². The normalized spacial score (nSPS) is 20.8. The molecule has 0 amide bonds. The van der Waals surface area contributed by atoms with E-state index in [4.69, 9.17) is 4.74 Å². The highest BCUT2D eigenvalue weighted by molar-refractivity contribution is 14.1. The first-order chi connectivity index (χ1) is 14.9. The zero-order valence-corrected chi connectivity index (χ0v) is 21.9. The molecule has 0 aromatic carbocycles. The van der Waals surface area contributed by atoms with E-state index in [9.17, 15) is 8.42 Å². The van der Waals surface area contributed by atoms with Crippen LogP contribution in [0.15, 0.2) is 12.4 Å². The van der Waals surface area contributed by atoms with Crippen molar-refractivity contribution in [3.8, 4) is 0 Å². The van der Waals surface area contributed by atoms with Gasteiger partial charge in [0, 0.05) is 49.1 Å². The average Bonchev–Trinajstić information content (AvgIpc) is 2.75. The molecule has 7 nitrogen and oxygen atoms in total. The van der Waals surface area contributed by atoms with Gasteiger partial charge < -0.3 is 9.64 Å². The SMILES string of the molecule is CCCS(=O)(=O)N1CCC(COC[C@H](I)CC2CCN(c3ncc(C)cn3)CC2)CC1. The Labute approximate surface area is 201 Å². The highest BCUT2D eigenvalue weighted by atomic mass is 127. The third kappa shape index (κ3) is 7.78. The van der Waals surface area contributed by atoms with Gasteiger partial charge in [-0.25, -0.2) is 22.7 Å². The monoisotopic (exact) mass is 564 g/mol. The second kappa shape index (κ2) is 12.1. The Bertz CT molecular complexity index is 761. The number of hydrogen-bond acceptors (Lipinski definition) is 6. The van der Waals surface area contributed by atoms with E-state index in [0.717, 1.165) is 56.6 Å². The number of piperidine rings is 2. The van der Waals surface area contributed by atoms with Crippen LogP contribution in [0.4, 0.5) is 5.95 Å². The van der Waals surface area contributed by atoms with Crippen molar-refractivity contribution in [3.05, 3.63) is 18.0 Å². The number of sulfonamides is 1. The largest absolute Gasteiger partial charge is 0.380 e. The van der Waals surface area contributed by atoms with Crippen LogP contribution in [0.2, 0.25) is 0 Å². The predicted octanol–water partition coefficient (Wildman–Crippen LogP) is 3.66. The van der Waals surface area contributed by atoms with Crippen molar-refractivity contribution in [2.75, 3.05) is 50.0 Å². The summed E-state index contributed by atoms with van der Waals surface area (Å²) in [5, 5.41) is 0. The smallest absolute Gasteiger partial charge is 0.225 e. The average molecular weight is 565 g/mol. The van der Waals surface area contributed by atoms with Crippen molar-refractivity contribution in [1.29, 1.82) is 0 Å². The number of hydrogen-bond donors (Lipinski definition) is 0. The number of nitrogens with zero attached hydrogens (tertiary/aromatic N) is 4. The second-order valence-electron chi connectivity index (χ2n) is 9.02. The summed E-state index contributed by atoms with van der Waals surface area (Å²) in [6.45, 7) is 8.82. The summed E-state index contributed by atoms with van der Waals surface area (Å²) in [5.41, 5.74) is 1.10. The quantitative estimate of drug-likeness (QED) is 0.319. The van der Waals surface area contributed by atoms with Crippen molar-refractivity contribution in [1.82, 2.24) is 14.3 Å². The molecule has 0 unspecified atom stereocenters. The molecule has 1 aromatic heterocycles. The van der Waals surface area contributed by atoms with Gasteiger partial charge in [-0.2, -0.15) is 0 Å². The van der Waals surface area contributed by atoms with Crippen LogP contribution in [-0.2, 0) is 14.8 Å². The molecule has 1 aromatic rings. The minimum atomic E-state index is -3.05. The van der Waals surface area contributed by atoms with E-state index < -0.39 is 10.0 Å². The van der Waals surface area contributed by atoms with Crippen molar-refractivity contribution in [2.24, 2.45) is 11.8 Å². The van der Waals surface area contributed by atoms with Crippen LogP contribution in [0.25, 0.3) is 0 Å². The lowest BCUT2D eigenvalue weighted by Gasteiger charge is -2.33. The number of ether oxygens (including phenoxy) is 1. The molecule has 9 heteroatoms. The fourth-order valence-electron chi connectivity index (χ4n) is 4.45. The van der Waals surface area contributed by atoms with Crippen LogP contribution >= 0.6 is 22.6 Å². The fourth-order valence-corrected chi connectivity index (χ4v) is 6.97. The van der Waals surface area contributed by atoms with Gasteiger partial charge in [-0.15, -0.1) is 0 Å². The minimum absolute atomic E-state index is 0.266. The van der Waals surface area contributed by atoms with Gasteiger partial charge in [0.25, 0.3) is 0 Å². The molecule has 0 aliphatic carbocycles. The molecule has 176 valence electrons. The van der Waals surface area contributed by atoms with Crippen molar-refractivity contribution in [3.63, 3.8) is 0 Å². The Kier molecular flexibility index (Phi) is 9.79. The summed E-state index contributed by atoms with van der Waals surface area (Å²) in [7, 11) is -3.05. The molecule has 0 spiro atoms. The number of anilines is 1. The van der Waals surface area contributed by atoms with Crippen LogP contribution in [0.5, 0.6) is 0 Å². The van der Waals surface area contributed by atoms with Crippen molar-refractivity contribution >= 4 is 38.6 Å². The van der Waals surface area contributed by atoms with E-state index in [2.05, 4.69) is 37.5 Å². The molecule has 0 radical (unpaired) electrons. The third-order valence-corrected chi connectivity index (χ3v) is 9.28. The standard InChI is InChI=1S/C22H37IN4O3S/c1-3-12-31(28,29)27-10-6-20(7-11-27)16-30-17-21(23)13-19-4-8-26(9-5-19)22-24-14-18(2)15-25-22/h14-15,19-21H,3-13,16-17H2,1-2H3/t21-/m1/s1. The van der Waals surface area contributed by atoms with Crippen LogP contribution < -0.4 is 4.90 Å². The summed E-state index contributed by atoms with van der Waals surface area (Å²) in [4.78, 5) is 11.2. The molecule has 2 saturated heterocycles. The first-order valence-corrected chi connectivity index (χ1v) is 14.5. The summed E-state index contributed by atoms with van der Waals surface area (Å²) in [5.74, 6) is 2.34. The first kappa shape index (κ1) is 25.1. The summed E-state index contributed by atoms with van der Waals surface area (Å²) in [6, 6.07) is 0. The maximum absolute atomic E-state index is 12.2. The van der Waals surface area contributed by atoms with E-state index in [0.29, 0.717) is 29.4 Å². The predicted molar refractivity (Wildman–Crippen MR) is 133 cm³/mol. The van der Waals surface area contributed by atoms with Gasteiger partial charge in [-0.1, -0.05) is 29.5 Å². The molecule has 31 heavy (non-hydrogen) atoms. The molecule has 2 fully saturated rings. The lowest BCUT2D eigenvalue weighted by molar-refractivity contribution is 0.0790. The van der Waals surface area contributed by atoms with E-state index in [1.54, 1.807) is 4.31 Å². The molecular weight excluding hydrogens is 527 g/mol. The summed E-state index contributed by atoms with van der Waals surface area (Å²) in [6.07, 6.45) is 9.84. The van der Waals surface area contributed by atoms with Crippen LogP contribution in [0.3, 0.4) is 0 Å². The molecule has 0 N–H and O–H groups in total. The van der Waals surface area contributed by atoms with Crippen LogP contribution in [-0.4, -0.2) is 71.8 Å². The number of halogens is 1. The molecule has 2 aliphatic rings. The number of aromatic nitrogens is 2. The van der Waals surface area contributed by atoms with E-state index >= 15 is 0 Å². The number of alkyl halides is 1. The fraction of sp³-hybridized carbons (Fsp3) is 0.818. The second-order valence-corrected chi connectivity index (χ2v) is 12.9. The summed E-state index contributed by atoms with van der Waals surface area (Å²) < 4.78 is 32.6. The molecule has 0 bridgehead atoms. The highest BCUT2D eigenvalue weighted by Crippen LogP contribution is 2.27. The lowest BCUT2D eigenvalue weighted by atomic mass is 9.92. The van der Waals surface area contributed by atoms with Gasteiger partial charge in [0.15, 0.2) is 0 Å². The van der Waals surface area contributed by atoms with Crippen LogP contribution in [0.1, 0.15) is 51.0 Å². The molecular formula is C22H37IN4O3S. The Balaban J connectivity index is 1.29. The number of aryl methyl sites for hydroxylation is 1. The van der Waals surface area contributed by atoms with Gasteiger partial charge in [-0.3, -0.25) is 0 Å². The van der Waals surface area contributed by atoms with Crippen LogP contribution in [0, 0.1) is 18.8 Å². The molecule has 2 aliphatic heterocycles. The maximum atomic E-state index is 12.2. The van der Waals surface area contributed by atoms with Gasteiger partial charge in [-0.05, 0) is 62.8 Å². The molecule has 1 atom stereocenters. The Morgan fingerprint density at radius 2 is 1.71 bits per heavy atom. The van der Waals surface area contributed by atoms with Gasteiger partial charge in [0.05, 0.1) is 12.4 Å². The molecule has 0 saturated carbocycles. The first-order valence-electron chi connectivity index (χ1n) is 11.6. The minimum Gasteiger partial charge on any atom is -0.380 e. The Hall–Kier alpha value is -0.520. The van der Waals surface area contributed by atoms with Crippen molar-refractivity contribution in [2.45, 2.75) is 56.3 Å². The third-order valence-electron chi connectivity index (χ3n) is 6.33. The Morgan fingerprint density at radius 3 is 2.32 bits per heavy atom. The van der Waals surface area contributed by atoms with E-state index in [1.807, 2.05) is 26.2 Å². The maximum Gasteiger partial charge on any atom is 0.225 e. The Morgan fingerprint density at radius 1 is 1.10 bits per heavy atom. The molecule has 3 rings (SSSR count). The van der Waals surface area contributed by atoms with Gasteiger partial charge in [0.1, 0.15) is 0 Å². The van der Waals surface area contributed by atoms with Gasteiger partial charge in [0.2, 0.25) is 16.0 Å². The van der Waals surface area contributed by atoms with E-state index in [-0.39, 0.29) is 5.75 Å².